The summed E-state index contributed by atoms with van der Waals surface area (Å²) in [6.07, 6.45) is 1.37. The van der Waals surface area contributed by atoms with Crippen molar-refractivity contribution in [2.45, 2.75) is 26.2 Å². The third-order valence-electron chi connectivity index (χ3n) is 3.77. The number of carbonyl (C=O) groups is 2. The fourth-order valence-electron chi connectivity index (χ4n) is 2.23. The van der Waals surface area contributed by atoms with Crippen molar-refractivity contribution in [1.29, 1.82) is 5.26 Å². The lowest BCUT2D eigenvalue weighted by Crippen LogP contribution is -2.13. The molecule has 0 bridgehead atoms. The number of hydrogen-bond donors (Lipinski definition) is 1. The van der Waals surface area contributed by atoms with Gasteiger partial charge in [0.2, 0.25) is 0 Å². The van der Waals surface area contributed by atoms with Crippen molar-refractivity contribution in [3.63, 3.8) is 0 Å². The molecule has 0 unspecified atom stereocenters. The van der Waals surface area contributed by atoms with Crippen LogP contribution in [0.1, 0.15) is 42.3 Å². The van der Waals surface area contributed by atoms with Crippen LogP contribution in [0.25, 0.3) is 6.08 Å². The second-order valence-corrected chi connectivity index (χ2v) is 6.82. The Kier molecular flexibility index (Phi) is 5.58. The Morgan fingerprint density at radius 1 is 1.04 bits per heavy atom. The molecule has 0 spiro atoms. The highest BCUT2D eigenvalue weighted by atomic mass is 16.5. The van der Waals surface area contributed by atoms with Gasteiger partial charge in [0.1, 0.15) is 17.4 Å². The largest absolute Gasteiger partial charge is 0.423 e. The molecule has 0 atom stereocenters. The van der Waals surface area contributed by atoms with E-state index in [4.69, 9.17) is 15.7 Å². The number of benzene rings is 2. The second kappa shape index (κ2) is 7.66. The van der Waals surface area contributed by atoms with E-state index in [0.29, 0.717) is 16.9 Å². The van der Waals surface area contributed by atoms with Crippen LogP contribution < -0.4 is 10.5 Å². The van der Waals surface area contributed by atoms with Gasteiger partial charge in [-0.2, -0.15) is 5.26 Å². The molecule has 0 aromatic heterocycles. The van der Waals surface area contributed by atoms with Crippen LogP contribution in [0.5, 0.6) is 5.75 Å². The summed E-state index contributed by atoms with van der Waals surface area (Å²) < 4.78 is 5.34. The third kappa shape index (κ3) is 4.81. The van der Waals surface area contributed by atoms with E-state index >= 15 is 0 Å². The summed E-state index contributed by atoms with van der Waals surface area (Å²) in [5, 5.41) is 8.84. The van der Waals surface area contributed by atoms with Crippen molar-refractivity contribution >= 4 is 18.0 Å². The Morgan fingerprint density at radius 3 is 2.08 bits per heavy atom. The average Bonchev–Trinajstić information content (AvgIpc) is 2.60. The van der Waals surface area contributed by atoms with Gasteiger partial charge in [0.25, 0.3) is 5.91 Å². The van der Waals surface area contributed by atoms with E-state index in [0.717, 1.165) is 5.56 Å². The van der Waals surface area contributed by atoms with Gasteiger partial charge in [0, 0.05) is 0 Å². The number of ether oxygens (including phenoxy) is 1. The third-order valence-corrected chi connectivity index (χ3v) is 3.77. The number of hydrogen-bond acceptors (Lipinski definition) is 4. The number of nitrogens with zero attached hydrogens (tertiary/aromatic N) is 1. The highest BCUT2D eigenvalue weighted by Crippen LogP contribution is 2.23. The van der Waals surface area contributed by atoms with Crippen LogP contribution >= 0.6 is 0 Å². The predicted octanol–water partition coefficient (Wildman–Crippen LogP) is 3.60. The zero-order valence-corrected chi connectivity index (χ0v) is 14.9. The Bertz CT molecular complexity index is 881. The molecule has 0 radical (unpaired) electrons. The summed E-state index contributed by atoms with van der Waals surface area (Å²) >= 11 is 0. The van der Waals surface area contributed by atoms with Gasteiger partial charge >= 0.3 is 5.97 Å². The molecule has 0 aliphatic heterocycles. The lowest BCUT2D eigenvalue weighted by atomic mass is 9.87. The molecule has 2 N–H and O–H groups in total. The first kappa shape index (κ1) is 18.9. The highest BCUT2D eigenvalue weighted by Gasteiger charge is 2.15. The fourth-order valence-corrected chi connectivity index (χ4v) is 2.23. The van der Waals surface area contributed by atoms with Gasteiger partial charge in [-0.3, -0.25) is 4.79 Å². The van der Waals surface area contributed by atoms with Crippen molar-refractivity contribution in [3.05, 3.63) is 70.8 Å². The summed E-state index contributed by atoms with van der Waals surface area (Å²) in [5.74, 6) is -0.880. The zero-order chi connectivity index (χ0) is 19.3. The van der Waals surface area contributed by atoms with Crippen molar-refractivity contribution in [3.8, 4) is 11.8 Å². The van der Waals surface area contributed by atoms with Gasteiger partial charge in [-0.05, 0) is 46.9 Å². The molecule has 0 heterocycles. The maximum absolute atomic E-state index is 12.2. The minimum absolute atomic E-state index is 0.0129. The van der Waals surface area contributed by atoms with E-state index in [2.05, 4.69) is 20.8 Å². The van der Waals surface area contributed by atoms with Crippen molar-refractivity contribution in [2.24, 2.45) is 5.73 Å². The number of amides is 1. The van der Waals surface area contributed by atoms with Gasteiger partial charge in [0.15, 0.2) is 0 Å². The van der Waals surface area contributed by atoms with E-state index in [1.54, 1.807) is 42.5 Å². The van der Waals surface area contributed by atoms with Crippen LogP contribution in [0.4, 0.5) is 0 Å². The first-order valence-electron chi connectivity index (χ1n) is 8.05. The molecule has 0 aliphatic carbocycles. The predicted molar refractivity (Wildman–Crippen MR) is 99.3 cm³/mol. The number of nitriles is 1. The quantitative estimate of drug-likeness (QED) is 0.395. The summed E-state index contributed by atoms with van der Waals surface area (Å²) in [5.41, 5.74) is 7.16. The van der Waals surface area contributed by atoms with Crippen molar-refractivity contribution < 1.29 is 14.3 Å². The molecule has 5 nitrogen and oxygen atoms in total. The topological polar surface area (TPSA) is 93.2 Å². The molecule has 26 heavy (non-hydrogen) atoms. The van der Waals surface area contributed by atoms with Gasteiger partial charge < -0.3 is 10.5 Å². The first-order chi connectivity index (χ1) is 12.2. The van der Waals surface area contributed by atoms with E-state index in [9.17, 15) is 9.59 Å². The minimum Gasteiger partial charge on any atom is -0.423 e. The van der Waals surface area contributed by atoms with Crippen LogP contribution in [-0.4, -0.2) is 11.9 Å². The number of nitrogens with two attached hydrogens (primary N) is 1. The minimum atomic E-state index is -0.790. The lowest BCUT2D eigenvalue weighted by molar-refractivity contribution is -0.114. The summed E-state index contributed by atoms with van der Waals surface area (Å²) in [4.78, 5) is 23.3. The van der Waals surface area contributed by atoms with Crippen LogP contribution in [-0.2, 0) is 10.2 Å². The standard InChI is InChI=1S/C21H20N2O3/c1-21(2,3)17-8-6-15(7-9-17)20(25)26-18-10-4-14(5-11-18)12-16(13-22)19(23)24/h4-12H,1-3H3,(H2,23,24)/b16-12-. The summed E-state index contributed by atoms with van der Waals surface area (Å²) in [6, 6.07) is 15.5. The SMILES string of the molecule is CC(C)(C)c1ccc(C(=O)Oc2ccc(/C=C(/C#N)C(N)=O)cc2)cc1. The molecule has 0 saturated carbocycles. The molecule has 2 rings (SSSR count). The van der Waals surface area contributed by atoms with Crippen molar-refractivity contribution in [2.75, 3.05) is 0 Å². The molecule has 5 heteroatoms. The average molecular weight is 348 g/mol. The number of rotatable bonds is 4. The Labute approximate surface area is 152 Å². The molecule has 0 saturated heterocycles. The van der Waals surface area contributed by atoms with E-state index < -0.39 is 11.9 Å². The van der Waals surface area contributed by atoms with Gasteiger partial charge in [-0.15, -0.1) is 0 Å². The van der Waals surface area contributed by atoms with E-state index in [1.165, 1.54) is 6.08 Å². The van der Waals surface area contributed by atoms with Crippen LogP contribution in [0.15, 0.2) is 54.1 Å². The molecule has 1 amide bonds. The van der Waals surface area contributed by atoms with Gasteiger partial charge in [-0.25, -0.2) is 4.79 Å². The summed E-state index contributed by atoms with van der Waals surface area (Å²) in [6.45, 7) is 6.31. The molecule has 2 aromatic rings. The van der Waals surface area contributed by atoms with Gasteiger partial charge in [0.05, 0.1) is 5.56 Å². The smallest absolute Gasteiger partial charge is 0.343 e. The van der Waals surface area contributed by atoms with E-state index in [-0.39, 0.29) is 11.0 Å². The maximum Gasteiger partial charge on any atom is 0.343 e. The highest BCUT2D eigenvalue weighted by molar-refractivity contribution is 6.00. The van der Waals surface area contributed by atoms with Crippen LogP contribution in [0.3, 0.4) is 0 Å². The fraction of sp³-hybridized carbons (Fsp3) is 0.190. The lowest BCUT2D eigenvalue weighted by Gasteiger charge is -2.18. The Balaban J connectivity index is 2.10. The Morgan fingerprint density at radius 2 is 1.62 bits per heavy atom. The first-order valence-corrected chi connectivity index (χ1v) is 8.05. The molecular formula is C21H20N2O3. The van der Waals surface area contributed by atoms with Crippen molar-refractivity contribution in [1.82, 2.24) is 0 Å². The normalized spacial score (nSPS) is 11.5. The maximum atomic E-state index is 12.2. The van der Waals surface area contributed by atoms with E-state index in [1.807, 2.05) is 12.1 Å². The second-order valence-electron chi connectivity index (χ2n) is 6.82. The number of carbonyl (C=O) groups excluding carboxylic acids is 2. The molecular weight excluding hydrogens is 328 g/mol. The summed E-state index contributed by atoms with van der Waals surface area (Å²) in [7, 11) is 0. The van der Waals surface area contributed by atoms with Gasteiger partial charge in [-0.1, -0.05) is 45.0 Å². The zero-order valence-electron chi connectivity index (χ0n) is 14.9. The molecule has 0 aliphatic rings. The number of primary amides is 1. The monoisotopic (exact) mass is 348 g/mol. The molecule has 2 aromatic carbocycles. The molecule has 0 fully saturated rings. The Hall–Kier alpha value is -3.39. The molecule has 132 valence electrons. The number of esters is 1. The van der Waals surface area contributed by atoms with Crippen LogP contribution in [0.2, 0.25) is 0 Å². The van der Waals surface area contributed by atoms with Crippen LogP contribution in [0, 0.1) is 11.3 Å².